The van der Waals surface area contributed by atoms with E-state index in [4.69, 9.17) is 27.9 Å². The summed E-state index contributed by atoms with van der Waals surface area (Å²) in [6.07, 6.45) is 0.720. The number of carbonyl (C=O) groups is 1. The third-order valence-corrected chi connectivity index (χ3v) is 5.88. The van der Waals surface area contributed by atoms with E-state index in [9.17, 15) is 9.90 Å². The molecule has 1 fully saturated rings. The number of aryl methyl sites for hydroxylation is 2. The Morgan fingerprint density at radius 1 is 1.14 bits per heavy atom. The monoisotopic (exact) mass is 421 g/mol. The van der Waals surface area contributed by atoms with Crippen molar-refractivity contribution in [3.63, 3.8) is 0 Å². The average Bonchev–Trinajstić information content (AvgIpc) is 2.63. The van der Waals surface area contributed by atoms with Gasteiger partial charge in [0.05, 0.1) is 29.6 Å². The zero-order chi connectivity index (χ0) is 20.3. The van der Waals surface area contributed by atoms with Crippen molar-refractivity contribution in [1.29, 1.82) is 0 Å². The predicted molar refractivity (Wildman–Crippen MR) is 112 cm³/mol. The smallest absolute Gasteiger partial charge is 0.227 e. The van der Waals surface area contributed by atoms with E-state index in [0.29, 0.717) is 42.6 Å². The lowest BCUT2D eigenvalue weighted by atomic mass is 9.88. The molecule has 4 nitrogen and oxygen atoms in total. The van der Waals surface area contributed by atoms with Crippen LogP contribution in [0.3, 0.4) is 0 Å². The van der Waals surface area contributed by atoms with Crippen molar-refractivity contribution in [3.8, 4) is 0 Å². The van der Waals surface area contributed by atoms with Crippen LogP contribution in [0.2, 0.25) is 10.0 Å². The fraction of sp³-hybridized carbons (Fsp3) is 0.409. The Morgan fingerprint density at radius 3 is 2.50 bits per heavy atom. The number of benzene rings is 2. The first-order chi connectivity index (χ1) is 13.3. The lowest BCUT2D eigenvalue weighted by molar-refractivity contribution is -0.155. The first-order valence-electron chi connectivity index (χ1n) is 9.38. The van der Waals surface area contributed by atoms with Crippen LogP contribution in [-0.2, 0) is 21.6 Å². The second-order valence-corrected chi connectivity index (χ2v) is 8.25. The van der Waals surface area contributed by atoms with Crippen LogP contribution in [-0.4, -0.2) is 42.2 Å². The van der Waals surface area contributed by atoms with Gasteiger partial charge in [-0.3, -0.25) is 4.79 Å². The summed E-state index contributed by atoms with van der Waals surface area (Å²) in [6.45, 7) is 5.31. The first-order valence-corrected chi connectivity index (χ1v) is 10.1. The minimum Gasteiger partial charge on any atom is -0.396 e. The third-order valence-electron chi connectivity index (χ3n) is 5.14. The third kappa shape index (κ3) is 4.69. The quantitative estimate of drug-likeness (QED) is 0.782. The molecule has 1 atom stereocenters. The van der Waals surface area contributed by atoms with Gasteiger partial charge < -0.3 is 14.7 Å². The van der Waals surface area contributed by atoms with E-state index in [1.165, 1.54) is 0 Å². The Hall–Kier alpha value is -1.59. The molecule has 0 aliphatic carbocycles. The van der Waals surface area contributed by atoms with Crippen LogP contribution in [0, 0.1) is 13.8 Å². The molecule has 1 amide bonds. The van der Waals surface area contributed by atoms with E-state index in [2.05, 4.69) is 6.07 Å². The van der Waals surface area contributed by atoms with Crippen LogP contribution in [0.15, 0.2) is 36.4 Å². The number of aliphatic hydroxyl groups is 1. The molecule has 0 radical (unpaired) electrons. The lowest BCUT2D eigenvalue weighted by Crippen LogP contribution is -2.52. The van der Waals surface area contributed by atoms with Gasteiger partial charge in [-0.15, -0.1) is 0 Å². The topological polar surface area (TPSA) is 49.8 Å². The molecule has 1 heterocycles. The summed E-state index contributed by atoms with van der Waals surface area (Å²) < 4.78 is 6.10. The zero-order valence-electron chi connectivity index (χ0n) is 16.2. The van der Waals surface area contributed by atoms with Gasteiger partial charge in [0, 0.05) is 19.6 Å². The summed E-state index contributed by atoms with van der Waals surface area (Å²) in [4.78, 5) is 14.8. The Balaban J connectivity index is 1.83. The lowest BCUT2D eigenvalue weighted by Gasteiger charge is -2.43. The number of carbonyl (C=O) groups excluding carboxylic acids is 1. The normalized spacial score (nSPS) is 19.7. The molecule has 0 saturated carbocycles. The Labute approximate surface area is 176 Å². The Morgan fingerprint density at radius 2 is 1.86 bits per heavy atom. The van der Waals surface area contributed by atoms with Crippen molar-refractivity contribution in [2.75, 3.05) is 26.3 Å². The number of aliphatic hydroxyl groups excluding tert-OH is 1. The van der Waals surface area contributed by atoms with Crippen molar-refractivity contribution in [2.45, 2.75) is 32.3 Å². The molecule has 6 heteroatoms. The van der Waals surface area contributed by atoms with Crippen molar-refractivity contribution in [2.24, 2.45) is 0 Å². The van der Waals surface area contributed by atoms with Crippen molar-refractivity contribution < 1.29 is 14.6 Å². The average molecular weight is 422 g/mol. The number of hydrogen-bond donors (Lipinski definition) is 1. The summed E-state index contributed by atoms with van der Waals surface area (Å²) in [7, 11) is 0. The van der Waals surface area contributed by atoms with Gasteiger partial charge >= 0.3 is 0 Å². The zero-order valence-corrected chi connectivity index (χ0v) is 17.7. The van der Waals surface area contributed by atoms with Gasteiger partial charge in [0.15, 0.2) is 0 Å². The molecule has 2 aromatic rings. The van der Waals surface area contributed by atoms with E-state index in [-0.39, 0.29) is 12.5 Å². The van der Waals surface area contributed by atoms with E-state index >= 15 is 0 Å². The van der Waals surface area contributed by atoms with Gasteiger partial charge in [0.25, 0.3) is 0 Å². The number of amides is 1. The Bertz CT molecular complexity index is 847. The highest BCUT2D eigenvalue weighted by Gasteiger charge is 2.39. The van der Waals surface area contributed by atoms with Crippen LogP contribution < -0.4 is 0 Å². The van der Waals surface area contributed by atoms with E-state index in [1.54, 1.807) is 12.1 Å². The number of halogens is 2. The summed E-state index contributed by atoms with van der Waals surface area (Å²) in [5.74, 6) is 0.0516. The fourth-order valence-electron chi connectivity index (χ4n) is 3.88. The standard InChI is InChI=1S/C22H25Cl2NO3/c1-15-9-16(2)11-17(10-15)12-21(27)25-6-8-28-22(14-25,5-7-26)18-3-4-19(23)20(24)13-18/h3-4,9-11,13,26H,5-8,12,14H2,1-2H3. The maximum atomic E-state index is 13.0. The minimum absolute atomic E-state index is 0.0516. The molecule has 1 aliphatic heterocycles. The molecule has 0 aromatic heterocycles. The molecule has 150 valence electrons. The molecule has 3 rings (SSSR count). The number of hydrogen-bond acceptors (Lipinski definition) is 3. The van der Waals surface area contributed by atoms with E-state index in [1.807, 2.05) is 36.9 Å². The van der Waals surface area contributed by atoms with Gasteiger partial charge in [0.1, 0.15) is 5.60 Å². The van der Waals surface area contributed by atoms with E-state index < -0.39 is 5.60 Å². The maximum Gasteiger partial charge on any atom is 0.227 e. The Kier molecular flexibility index (Phi) is 6.66. The van der Waals surface area contributed by atoms with E-state index in [0.717, 1.165) is 22.3 Å². The second kappa shape index (κ2) is 8.83. The highest BCUT2D eigenvalue weighted by molar-refractivity contribution is 6.42. The van der Waals surface area contributed by atoms with Gasteiger partial charge in [0.2, 0.25) is 5.91 Å². The highest BCUT2D eigenvalue weighted by Crippen LogP contribution is 2.36. The molecule has 1 unspecified atom stereocenters. The number of nitrogens with zero attached hydrogens (tertiary/aromatic N) is 1. The predicted octanol–water partition coefficient (Wildman–Crippen LogP) is 4.29. The van der Waals surface area contributed by atoms with Crippen LogP contribution in [0.5, 0.6) is 0 Å². The molecule has 1 N–H and O–H groups in total. The minimum atomic E-state index is -0.792. The molecule has 1 saturated heterocycles. The summed E-state index contributed by atoms with van der Waals surface area (Å²) in [6, 6.07) is 11.5. The molecular weight excluding hydrogens is 397 g/mol. The van der Waals surface area contributed by atoms with Crippen molar-refractivity contribution in [1.82, 2.24) is 4.90 Å². The highest BCUT2D eigenvalue weighted by atomic mass is 35.5. The van der Waals surface area contributed by atoms with Crippen LogP contribution in [0.4, 0.5) is 0 Å². The molecular formula is C22H25Cl2NO3. The summed E-state index contributed by atoms with van der Waals surface area (Å²) in [5, 5.41) is 10.5. The van der Waals surface area contributed by atoms with Gasteiger partial charge in [-0.25, -0.2) is 0 Å². The van der Waals surface area contributed by atoms with Crippen LogP contribution in [0.25, 0.3) is 0 Å². The van der Waals surface area contributed by atoms with Crippen LogP contribution >= 0.6 is 23.2 Å². The van der Waals surface area contributed by atoms with Gasteiger partial charge in [-0.1, -0.05) is 58.6 Å². The second-order valence-electron chi connectivity index (χ2n) is 7.43. The van der Waals surface area contributed by atoms with Gasteiger partial charge in [-0.2, -0.15) is 0 Å². The summed E-state index contributed by atoms with van der Waals surface area (Å²) in [5.41, 5.74) is 3.33. The number of morpholine rings is 1. The molecule has 0 bridgehead atoms. The largest absolute Gasteiger partial charge is 0.396 e. The summed E-state index contributed by atoms with van der Waals surface area (Å²) >= 11 is 12.3. The molecule has 0 spiro atoms. The maximum absolute atomic E-state index is 13.0. The van der Waals surface area contributed by atoms with Gasteiger partial charge in [-0.05, 0) is 37.1 Å². The SMILES string of the molecule is Cc1cc(C)cc(CC(=O)N2CCOC(CCO)(c3ccc(Cl)c(Cl)c3)C2)c1. The molecule has 28 heavy (non-hydrogen) atoms. The van der Waals surface area contributed by atoms with Crippen molar-refractivity contribution in [3.05, 3.63) is 68.7 Å². The number of ether oxygens (including phenoxy) is 1. The number of rotatable bonds is 5. The van der Waals surface area contributed by atoms with Crippen molar-refractivity contribution >= 4 is 29.1 Å². The molecule has 2 aromatic carbocycles. The molecule has 1 aliphatic rings. The first kappa shape index (κ1) is 21.1. The fourth-order valence-corrected chi connectivity index (χ4v) is 4.18. The van der Waals surface area contributed by atoms with Crippen LogP contribution in [0.1, 0.15) is 28.7 Å².